The van der Waals surface area contributed by atoms with E-state index < -0.39 is 0 Å². The molecular weight excluding hydrogens is 144 g/mol. The van der Waals surface area contributed by atoms with Gasteiger partial charge in [-0.2, -0.15) is 0 Å². The van der Waals surface area contributed by atoms with Gasteiger partial charge in [-0.1, -0.05) is 6.92 Å². The molecular formula is C8H12OS. The molecule has 1 nitrogen and oxygen atoms in total. The van der Waals surface area contributed by atoms with Gasteiger partial charge in [-0.05, 0) is 30.4 Å². The lowest BCUT2D eigenvalue weighted by Crippen LogP contribution is -1.93. The third-order valence-corrected chi connectivity index (χ3v) is 2.51. The third-order valence-electron chi connectivity index (χ3n) is 1.64. The first-order chi connectivity index (χ1) is 4.75. The van der Waals surface area contributed by atoms with Crippen LogP contribution in [-0.4, -0.2) is 5.11 Å². The minimum atomic E-state index is -0.258. The van der Waals surface area contributed by atoms with E-state index in [9.17, 15) is 5.11 Å². The Balaban J connectivity index is 2.82. The summed E-state index contributed by atoms with van der Waals surface area (Å²) in [7, 11) is 0. The Bertz CT molecular complexity index is 205. The average Bonchev–Trinajstić information content (AvgIpc) is 2.34. The van der Waals surface area contributed by atoms with E-state index in [1.165, 1.54) is 4.88 Å². The van der Waals surface area contributed by atoms with Crippen LogP contribution in [0.25, 0.3) is 0 Å². The molecule has 56 valence electrons. The molecule has 0 saturated carbocycles. The number of thiophene rings is 1. The number of hydrogen-bond acceptors (Lipinski definition) is 2. The molecule has 0 amide bonds. The number of rotatable bonds is 2. The minimum Gasteiger partial charge on any atom is -0.388 e. The van der Waals surface area contributed by atoms with Gasteiger partial charge in [0.25, 0.3) is 0 Å². The highest BCUT2D eigenvalue weighted by molar-refractivity contribution is 7.10. The average molecular weight is 156 g/mol. The summed E-state index contributed by atoms with van der Waals surface area (Å²) in [6, 6.07) is 1.99. The highest BCUT2D eigenvalue weighted by Gasteiger charge is 2.07. The first kappa shape index (κ1) is 7.76. The molecule has 1 rings (SSSR count). The molecule has 1 aromatic rings. The molecule has 0 saturated heterocycles. The fraction of sp³-hybridized carbons (Fsp3) is 0.500. The Morgan fingerprint density at radius 1 is 1.70 bits per heavy atom. The summed E-state index contributed by atoms with van der Waals surface area (Å²) in [6.45, 7) is 4.03. The van der Waals surface area contributed by atoms with Gasteiger partial charge in [-0.25, -0.2) is 0 Å². The van der Waals surface area contributed by atoms with Crippen molar-refractivity contribution in [2.45, 2.75) is 26.4 Å². The van der Waals surface area contributed by atoms with Crippen molar-refractivity contribution in [2.24, 2.45) is 0 Å². The molecule has 2 heteroatoms. The number of aryl methyl sites for hydroxylation is 1. The van der Waals surface area contributed by atoms with Crippen molar-refractivity contribution in [2.75, 3.05) is 0 Å². The zero-order valence-electron chi connectivity index (χ0n) is 6.29. The highest BCUT2D eigenvalue weighted by Crippen LogP contribution is 2.23. The molecule has 0 radical (unpaired) electrons. The molecule has 0 aliphatic carbocycles. The van der Waals surface area contributed by atoms with E-state index in [1.807, 2.05) is 25.3 Å². The van der Waals surface area contributed by atoms with E-state index in [0.717, 1.165) is 12.0 Å². The normalized spacial score (nSPS) is 13.5. The quantitative estimate of drug-likeness (QED) is 0.697. The molecule has 0 fully saturated rings. The first-order valence-corrected chi connectivity index (χ1v) is 4.35. The number of hydrogen-bond donors (Lipinski definition) is 1. The van der Waals surface area contributed by atoms with Crippen LogP contribution in [0, 0.1) is 6.92 Å². The molecule has 0 aromatic carbocycles. The minimum absolute atomic E-state index is 0.258. The summed E-state index contributed by atoms with van der Waals surface area (Å²) in [6.07, 6.45) is 0.545. The van der Waals surface area contributed by atoms with Crippen LogP contribution in [0.5, 0.6) is 0 Å². The van der Waals surface area contributed by atoms with Crippen molar-refractivity contribution < 1.29 is 5.11 Å². The predicted molar refractivity (Wildman–Crippen MR) is 44.3 cm³/mol. The maximum Gasteiger partial charge on any atom is 0.0798 e. The lowest BCUT2D eigenvalue weighted by Gasteiger charge is -2.05. The Morgan fingerprint density at radius 2 is 2.40 bits per heavy atom. The lowest BCUT2D eigenvalue weighted by atomic mass is 10.1. The highest BCUT2D eigenvalue weighted by atomic mass is 32.1. The van der Waals surface area contributed by atoms with Crippen LogP contribution in [0.3, 0.4) is 0 Å². The van der Waals surface area contributed by atoms with E-state index in [4.69, 9.17) is 0 Å². The molecule has 0 spiro atoms. The second-order valence-electron chi connectivity index (χ2n) is 2.36. The molecule has 1 atom stereocenters. The zero-order chi connectivity index (χ0) is 7.56. The summed E-state index contributed by atoms with van der Waals surface area (Å²) >= 11 is 1.69. The SMILES string of the molecule is CC[C@H](O)c1ccsc1C. The molecule has 1 aromatic heterocycles. The fourth-order valence-corrected chi connectivity index (χ4v) is 1.72. The van der Waals surface area contributed by atoms with Crippen LogP contribution in [-0.2, 0) is 0 Å². The van der Waals surface area contributed by atoms with Gasteiger partial charge < -0.3 is 5.11 Å². The Morgan fingerprint density at radius 3 is 2.80 bits per heavy atom. The van der Waals surface area contributed by atoms with E-state index in [0.29, 0.717) is 0 Å². The van der Waals surface area contributed by atoms with Crippen LogP contribution in [0.4, 0.5) is 0 Å². The van der Waals surface area contributed by atoms with Crippen molar-refractivity contribution in [3.8, 4) is 0 Å². The molecule has 10 heavy (non-hydrogen) atoms. The molecule has 1 heterocycles. The number of aliphatic hydroxyl groups is 1. The second-order valence-corrected chi connectivity index (χ2v) is 3.48. The fourth-order valence-electron chi connectivity index (χ4n) is 0.960. The first-order valence-electron chi connectivity index (χ1n) is 3.47. The van der Waals surface area contributed by atoms with Gasteiger partial charge >= 0.3 is 0 Å². The van der Waals surface area contributed by atoms with Gasteiger partial charge in [0.05, 0.1) is 6.10 Å². The number of aliphatic hydroxyl groups excluding tert-OH is 1. The Hall–Kier alpha value is -0.340. The summed E-state index contributed by atoms with van der Waals surface area (Å²) in [4.78, 5) is 1.23. The monoisotopic (exact) mass is 156 g/mol. The van der Waals surface area contributed by atoms with Crippen LogP contribution in [0.2, 0.25) is 0 Å². The van der Waals surface area contributed by atoms with Gasteiger partial charge in [-0.15, -0.1) is 11.3 Å². The predicted octanol–water partition coefficient (Wildman–Crippen LogP) is 2.50. The zero-order valence-corrected chi connectivity index (χ0v) is 7.11. The van der Waals surface area contributed by atoms with Gasteiger partial charge in [0.15, 0.2) is 0 Å². The standard InChI is InChI=1S/C8H12OS/c1-3-8(9)7-4-5-10-6(7)2/h4-5,8-9H,3H2,1-2H3/t8-/m0/s1. The smallest absolute Gasteiger partial charge is 0.0798 e. The van der Waals surface area contributed by atoms with Crippen molar-refractivity contribution in [3.05, 3.63) is 21.9 Å². The molecule has 0 unspecified atom stereocenters. The van der Waals surface area contributed by atoms with Gasteiger partial charge in [-0.3, -0.25) is 0 Å². The van der Waals surface area contributed by atoms with Crippen LogP contribution < -0.4 is 0 Å². The van der Waals surface area contributed by atoms with Gasteiger partial charge in [0.2, 0.25) is 0 Å². The summed E-state index contributed by atoms with van der Waals surface area (Å²) < 4.78 is 0. The van der Waals surface area contributed by atoms with Gasteiger partial charge in [0, 0.05) is 4.88 Å². The van der Waals surface area contributed by atoms with E-state index >= 15 is 0 Å². The lowest BCUT2D eigenvalue weighted by molar-refractivity contribution is 0.173. The van der Waals surface area contributed by atoms with Crippen LogP contribution in [0.1, 0.15) is 29.9 Å². The maximum atomic E-state index is 9.41. The topological polar surface area (TPSA) is 20.2 Å². The van der Waals surface area contributed by atoms with Crippen molar-refractivity contribution >= 4 is 11.3 Å². The van der Waals surface area contributed by atoms with Gasteiger partial charge in [0.1, 0.15) is 0 Å². The van der Waals surface area contributed by atoms with Crippen molar-refractivity contribution in [3.63, 3.8) is 0 Å². The summed E-state index contributed by atoms with van der Waals surface area (Å²) in [5.41, 5.74) is 1.09. The third kappa shape index (κ3) is 1.39. The molecule has 0 bridgehead atoms. The van der Waals surface area contributed by atoms with Crippen molar-refractivity contribution in [1.29, 1.82) is 0 Å². The molecule has 0 aliphatic heterocycles. The van der Waals surface area contributed by atoms with Crippen molar-refractivity contribution in [1.82, 2.24) is 0 Å². The van der Waals surface area contributed by atoms with E-state index in [2.05, 4.69) is 0 Å². The Kier molecular flexibility index (Phi) is 2.46. The van der Waals surface area contributed by atoms with E-state index in [-0.39, 0.29) is 6.10 Å². The maximum absolute atomic E-state index is 9.41. The molecule has 1 N–H and O–H groups in total. The van der Waals surface area contributed by atoms with E-state index in [1.54, 1.807) is 11.3 Å². The summed E-state index contributed by atoms with van der Waals surface area (Å²) in [5, 5.41) is 11.4. The largest absolute Gasteiger partial charge is 0.388 e. The second kappa shape index (κ2) is 3.17. The van der Waals surface area contributed by atoms with Crippen LogP contribution in [0.15, 0.2) is 11.4 Å². The van der Waals surface area contributed by atoms with Crippen LogP contribution >= 0.6 is 11.3 Å². The Labute approximate surface area is 65.3 Å². The molecule has 0 aliphatic rings. The summed E-state index contributed by atoms with van der Waals surface area (Å²) in [5.74, 6) is 0.